The van der Waals surface area contributed by atoms with E-state index in [2.05, 4.69) is 5.32 Å². The molecule has 0 saturated carbocycles. The summed E-state index contributed by atoms with van der Waals surface area (Å²) in [6.45, 7) is 1.71. The first-order chi connectivity index (χ1) is 8.88. The van der Waals surface area contributed by atoms with E-state index in [0.717, 1.165) is 0 Å². The van der Waals surface area contributed by atoms with E-state index in [1.165, 1.54) is 24.1 Å². The highest BCUT2D eigenvalue weighted by Crippen LogP contribution is 2.32. The van der Waals surface area contributed by atoms with Gasteiger partial charge in [0.15, 0.2) is 0 Å². The number of urea groups is 1. The molecule has 0 heterocycles. The van der Waals surface area contributed by atoms with Crippen LogP contribution < -0.4 is 5.32 Å². The highest BCUT2D eigenvalue weighted by Gasteiger charge is 2.19. The molecule has 0 radical (unpaired) electrons. The molecule has 106 valence electrons. The zero-order chi connectivity index (χ0) is 14.6. The average Bonchev–Trinajstić information content (AvgIpc) is 2.34. The van der Waals surface area contributed by atoms with Gasteiger partial charge >= 0.3 is 6.03 Å². The molecule has 0 aliphatic heterocycles. The number of carbonyl (C=O) groups excluding carboxylic acids is 1. The minimum atomic E-state index is -0.592. The zero-order valence-corrected chi connectivity index (χ0v) is 12.1. The SMILES string of the molecule is CC(NC(=O)N(C)CCO)c1c(Cl)ccc(F)c1Cl. The summed E-state index contributed by atoms with van der Waals surface area (Å²) in [5.74, 6) is -0.592. The summed E-state index contributed by atoms with van der Waals surface area (Å²) in [6.07, 6.45) is 0. The third kappa shape index (κ3) is 3.96. The highest BCUT2D eigenvalue weighted by atomic mass is 35.5. The monoisotopic (exact) mass is 308 g/mol. The second kappa shape index (κ2) is 6.93. The summed E-state index contributed by atoms with van der Waals surface area (Å²) in [5.41, 5.74) is 0.328. The lowest BCUT2D eigenvalue weighted by atomic mass is 10.1. The number of nitrogens with zero attached hydrogens (tertiary/aromatic N) is 1. The van der Waals surface area contributed by atoms with Crippen molar-refractivity contribution < 1.29 is 14.3 Å². The van der Waals surface area contributed by atoms with E-state index in [1.54, 1.807) is 6.92 Å². The highest BCUT2D eigenvalue weighted by molar-refractivity contribution is 6.36. The van der Waals surface area contributed by atoms with Crippen molar-refractivity contribution in [3.63, 3.8) is 0 Å². The van der Waals surface area contributed by atoms with Gasteiger partial charge in [-0.25, -0.2) is 9.18 Å². The fourth-order valence-corrected chi connectivity index (χ4v) is 2.26. The van der Waals surface area contributed by atoms with Crippen LogP contribution in [0.1, 0.15) is 18.5 Å². The second-order valence-corrected chi connectivity index (χ2v) is 4.86. The van der Waals surface area contributed by atoms with Crippen molar-refractivity contribution in [2.45, 2.75) is 13.0 Å². The molecule has 7 heteroatoms. The topological polar surface area (TPSA) is 52.6 Å². The molecular formula is C12H15Cl2FN2O2. The van der Waals surface area contributed by atoms with Crippen LogP contribution in [-0.2, 0) is 0 Å². The molecular weight excluding hydrogens is 294 g/mol. The van der Waals surface area contributed by atoms with E-state index in [4.69, 9.17) is 28.3 Å². The van der Waals surface area contributed by atoms with Crippen molar-refractivity contribution >= 4 is 29.2 Å². The normalized spacial score (nSPS) is 12.1. The number of carbonyl (C=O) groups is 1. The Balaban J connectivity index is 2.87. The lowest BCUT2D eigenvalue weighted by molar-refractivity contribution is 0.188. The predicted molar refractivity (Wildman–Crippen MR) is 73.1 cm³/mol. The van der Waals surface area contributed by atoms with Crippen LogP contribution >= 0.6 is 23.2 Å². The molecule has 1 rings (SSSR count). The van der Waals surface area contributed by atoms with Gasteiger partial charge in [0, 0.05) is 24.2 Å². The first-order valence-electron chi connectivity index (χ1n) is 5.64. The molecule has 0 fully saturated rings. The summed E-state index contributed by atoms with van der Waals surface area (Å²) in [6, 6.07) is 1.60. The number of rotatable bonds is 4. The third-order valence-electron chi connectivity index (χ3n) is 2.63. The molecule has 1 aromatic carbocycles. The maximum absolute atomic E-state index is 13.4. The number of halogens is 3. The molecule has 1 unspecified atom stereocenters. The van der Waals surface area contributed by atoms with E-state index < -0.39 is 17.9 Å². The van der Waals surface area contributed by atoms with Gasteiger partial charge in [-0.1, -0.05) is 23.2 Å². The Labute approximate surface area is 121 Å². The minimum Gasteiger partial charge on any atom is -0.395 e. The predicted octanol–water partition coefficient (Wildman–Crippen LogP) is 2.83. The van der Waals surface area contributed by atoms with Crippen molar-refractivity contribution in [1.82, 2.24) is 10.2 Å². The number of likely N-dealkylation sites (N-methyl/N-ethyl adjacent to an activating group) is 1. The van der Waals surface area contributed by atoms with Crippen LogP contribution in [0.2, 0.25) is 10.0 Å². The first kappa shape index (κ1) is 16.0. The number of nitrogens with one attached hydrogen (secondary N) is 1. The van der Waals surface area contributed by atoms with Gasteiger partial charge in [-0.05, 0) is 19.1 Å². The lowest BCUT2D eigenvalue weighted by Gasteiger charge is -2.22. The van der Waals surface area contributed by atoms with Gasteiger partial charge in [0.1, 0.15) is 5.82 Å². The molecule has 1 aromatic rings. The quantitative estimate of drug-likeness (QED) is 0.840. The minimum absolute atomic E-state index is 0.106. The van der Waals surface area contributed by atoms with Crippen molar-refractivity contribution in [2.75, 3.05) is 20.2 Å². The first-order valence-corrected chi connectivity index (χ1v) is 6.40. The van der Waals surface area contributed by atoms with Crippen LogP contribution in [0.3, 0.4) is 0 Å². The van der Waals surface area contributed by atoms with Gasteiger partial charge in [0.05, 0.1) is 17.7 Å². The summed E-state index contributed by atoms with van der Waals surface area (Å²) >= 11 is 11.8. The molecule has 0 spiro atoms. The summed E-state index contributed by atoms with van der Waals surface area (Å²) in [5, 5.41) is 11.6. The molecule has 0 saturated heterocycles. The van der Waals surface area contributed by atoms with Gasteiger partial charge in [-0.15, -0.1) is 0 Å². The van der Waals surface area contributed by atoms with Crippen LogP contribution in [0.5, 0.6) is 0 Å². The maximum Gasteiger partial charge on any atom is 0.317 e. The van der Waals surface area contributed by atoms with Crippen LogP contribution in [0, 0.1) is 5.82 Å². The van der Waals surface area contributed by atoms with Crippen molar-refractivity contribution in [3.8, 4) is 0 Å². The van der Waals surface area contributed by atoms with Crippen molar-refractivity contribution in [3.05, 3.63) is 33.6 Å². The van der Waals surface area contributed by atoms with Crippen molar-refractivity contribution in [1.29, 1.82) is 0 Å². The number of hydrogen-bond donors (Lipinski definition) is 2. The summed E-state index contributed by atoms with van der Waals surface area (Å²) < 4.78 is 13.4. The largest absolute Gasteiger partial charge is 0.395 e. The van der Waals surface area contributed by atoms with Crippen LogP contribution in [0.15, 0.2) is 12.1 Å². The zero-order valence-electron chi connectivity index (χ0n) is 10.6. The molecule has 0 aliphatic carbocycles. The molecule has 4 nitrogen and oxygen atoms in total. The summed E-state index contributed by atoms with van der Waals surface area (Å²) in [7, 11) is 1.53. The van der Waals surface area contributed by atoms with E-state index >= 15 is 0 Å². The maximum atomic E-state index is 13.4. The lowest BCUT2D eigenvalue weighted by Crippen LogP contribution is -2.40. The smallest absolute Gasteiger partial charge is 0.317 e. The Bertz CT molecular complexity index is 471. The number of aliphatic hydroxyl groups is 1. The second-order valence-electron chi connectivity index (χ2n) is 4.07. The summed E-state index contributed by atoms with van der Waals surface area (Å²) in [4.78, 5) is 13.1. The van der Waals surface area contributed by atoms with E-state index in [9.17, 15) is 9.18 Å². The van der Waals surface area contributed by atoms with Gasteiger partial charge < -0.3 is 15.3 Å². The molecule has 0 aromatic heterocycles. The molecule has 1 atom stereocenters. The molecule has 2 amide bonds. The Morgan fingerprint density at radius 3 is 2.74 bits per heavy atom. The van der Waals surface area contributed by atoms with Crippen LogP contribution in [0.25, 0.3) is 0 Å². The van der Waals surface area contributed by atoms with Crippen LogP contribution in [0.4, 0.5) is 9.18 Å². The Morgan fingerprint density at radius 2 is 2.16 bits per heavy atom. The average molecular weight is 309 g/mol. The van der Waals surface area contributed by atoms with E-state index in [0.29, 0.717) is 5.56 Å². The van der Waals surface area contributed by atoms with Gasteiger partial charge in [-0.2, -0.15) is 0 Å². The molecule has 0 aliphatic rings. The fourth-order valence-electron chi connectivity index (χ4n) is 1.56. The Morgan fingerprint density at radius 1 is 1.53 bits per heavy atom. The van der Waals surface area contributed by atoms with E-state index in [-0.39, 0.29) is 23.2 Å². The fraction of sp³-hybridized carbons (Fsp3) is 0.417. The molecule has 0 bridgehead atoms. The van der Waals surface area contributed by atoms with E-state index in [1.807, 2.05) is 0 Å². The Hall–Kier alpha value is -1.04. The standard InChI is InChI=1S/C12H15Cl2FN2O2/c1-7(16-12(19)17(2)5-6-18)10-8(13)3-4-9(15)11(10)14/h3-4,7,18H,5-6H2,1-2H3,(H,16,19). The molecule has 2 N–H and O–H groups in total. The number of benzene rings is 1. The van der Waals surface area contributed by atoms with Gasteiger partial charge in [0.25, 0.3) is 0 Å². The number of amides is 2. The Kier molecular flexibility index (Phi) is 5.85. The number of hydrogen-bond acceptors (Lipinski definition) is 2. The molecule has 19 heavy (non-hydrogen) atoms. The number of aliphatic hydroxyl groups excluding tert-OH is 1. The van der Waals surface area contributed by atoms with Crippen LogP contribution in [-0.4, -0.2) is 36.2 Å². The van der Waals surface area contributed by atoms with Crippen molar-refractivity contribution in [2.24, 2.45) is 0 Å². The third-order valence-corrected chi connectivity index (χ3v) is 3.35. The van der Waals surface area contributed by atoms with Gasteiger partial charge in [0.2, 0.25) is 0 Å². The van der Waals surface area contributed by atoms with Gasteiger partial charge in [-0.3, -0.25) is 0 Å².